The molecular weight excluding hydrogens is 544 g/mol. The van der Waals surface area contributed by atoms with Gasteiger partial charge in [0.1, 0.15) is 23.7 Å². The molecule has 0 bridgehead atoms. The van der Waals surface area contributed by atoms with Crippen molar-refractivity contribution in [3.05, 3.63) is 72.3 Å². The lowest BCUT2D eigenvalue weighted by atomic mass is 10.1. The van der Waals surface area contributed by atoms with E-state index < -0.39 is 0 Å². The largest absolute Gasteiger partial charge is 0.314 e. The van der Waals surface area contributed by atoms with E-state index in [1.54, 1.807) is 0 Å². The normalized spacial score (nSPS) is 15.3. The molecule has 0 fully saturated rings. The average molecular weight is 585 g/mol. The van der Waals surface area contributed by atoms with Crippen molar-refractivity contribution in [3.63, 3.8) is 0 Å². The number of rotatable bonds is 9. The molecule has 3 aromatic carbocycles. The number of nitrogens with zero attached hydrogens (tertiary/aromatic N) is 7. The fraction of sp³-hybridized carbons (Fsp3) is 0.361. The maximum Gasteiger partial charge on any atom is 0.238 e. The first-order valence-electron chi connectivity index (χ1n) is 16.3. The number of benzene rings is 3. The van der Waals surface area contributed by atoms with Crippen molar-refractivity contribution in [2.75, 3.05) is 0 Å². The Hall–Kier alpha value is -4.59. The van der Waals surface area contributed by atoms with Crippen LogP contribution in [0.4, 0.5) is 0 Å². The zero-order valence-corrected chi connectivity index (χ0v) is 26.1. The summed E-state index contributed by atoms with van der Waals surface area (Å²) in [6.45, 7) is 8.73. The standard InChI is InChI=1S/C36H40N8/c1-5-13-31-37-32(14-6-2)40-35(39-31)43-27-19-11-9-17-23(27)25-22-30-26(21-29(25)43)24-18-10-12-20-28(24)44(30)36-41-33(15-7-3)38-34(42-36)16-8-4/h9-12,17-22,31H,5-8,13-16H2,1-4H3,(H,37,39,40). The first kappa shape index (κ1) is 28.2. The molecule has 0 saturated carbocycles. The second kappa shape index (κ2) is 11.8. The number of hydrogen-bond donors (Lipinski definition) is 1. The van der Waals surface area contributed by atoms with Crippen LogP contribution in [-0.4, -0.2) is 42.0 Å². The first-order chi connectivity index (χ1) is 21.6. The second-order valence-electron chi connectivity index (χ2n) is 11.7. The van der Waals surface area contributed by atoms with E-state index in [1.165, 1.54) is 16.2 Å². The summed E-state index contributed by atoms with van der Waals surface area (Å²) in [7, 11) is 0. The monoisotopic (exact) mass is 584 g/mol. The van der Waals surface area contributed by atoms with Crippen molar-refractivity contribution < 1.29 is 0 Å². The zero-order chi connectivity index (χ0) is 30.2. The Balaban J connectivity index is 1.52. The third-order valence-corrected chi connectivity index (χ3v) is 8.41. The van der Waals surface area contributed by atoms with Gasteiger partial charge in [-0.15, -0.1) is 0 Å². The highest BCUT2D eigenvalue weighted by molar-refractivity contribution is 6.21. The van der Waals surface area contributed by atoms with Gasteiger partial charge in [-0.05, 0) is 49.9 Å². The van der Waals surface area contributed by atoms with E-state index in [0.29, 0.717) is 5.95 Å². The summed E-state index contributed by atoms with van der Waals surface area (Å²) in [5, 5.41) is 8.31. The summed E-state index contributed by atoms with van der Waals surface area (Å²) in [6, 6.07) is 21.9. The molecule has 6 aromatic rings. The Morgan fingerprint density at radius 1 is 0.591 bits per heavy atom. The van der Waals surface area contributed by atoms with Crippen LogP contribution in [0.15, 0.2) is 70.6 Å². The van der Waals surface area contributed by atoms with Crippen molar-refractivity contribution in [2.45, 2.75) is 85.2 Å². The molecule has 1 aliphatic heterocycles. The van der Waals surface area contributed by atoms with Crippen LogP contribution in [0.5, 0.6) is 0 Å². The molecule has 3 aromatic heterocycles. The Morgan fingerprint density at radius 3 is 1.75 bits per heavy atom. The van der Waals surface area contributed by atoms with Crippen LogP contribution >= 0.6 is 0 Å². The molecule has 8 heteroatoms. The molecule has 0 aliphatic carbocycles. The highest BCUT2D eigenvalue weighted by atomic mass is 15.3. The maximum absolute atomic E-state index is 5.15. The summed E-state index contributed by atoms with van der Waals surface area (Å²) < 4.78 is 4.53. The molecule has 4 heterocycles. The molecule has 1 N–H and O–H groups in total. The molecule has 1 atom stereocenters. The first-order valence-corrected chi connectivity index (χ1v) is 16.3. The van der Waals surface area contributed by atoms with E-state index >= 15 is 0 Å². The molecular formula is C36H40N8. The number of hydrogen-bond acceptors (Lipinski definition) is 6. The van der Waals surface area contributed by atoms with E-state index in [1.807, 2.05) is 0 Å². The Labute approximate surface area is 258 Å². The third-order valence-electron chi connectivity index (χ3n) is 8.41. The summed E-state index contributed by atoms with van der Waals surface area (Å²) in [5.41, 5.74) is 4.43. The molecule has 0 amide bonds. The number of para-hydroxylation sites is 2. The van der Waals surface area contributed by atoms with Crippen molar-refractivity contribution >= 4 is 55.4 Å². The Morgan fingerprint density at radius 2 is 1.16 bits per heavy atom. The number of nitrogens with one attached hydrogen (secondary N) is 1. The quantitative estimate of drug-likeness (QED) is 0.186. The number of aliphatic imine (C=N–C) groups is 2. The van der Waals surface area contributed by atoms with Gasteiger partial charge in [-0.3, -0.25) is 9.13 Å². The third kappa shape index (κ3) is 4.82. The average Bonchev–Trinajstić information content (AvgIpc) is 3.52. The van der Waals surface area contributed by atoms with Gasteiger partial charge in [0, 0.05) is 40.8 Å². The molecule has 1 unspecified atom stereocenters. The maximum atomic E-state index is 5.15. The van der Waals surface area contributed by atoms with E-state index in [2.05, 4.69) is 103 Å². The lowest BCUT2D eigenvalue weighted by molar-refractivity contribution is 0.613. The highest BCUT2D eigenvalue weighted by Gasteiger charge is 2.24. The predicted molar refractivity (Wildman–Crippen MR) is 182 cm³/mol. The fourth-order valence-electron chi connectivity index (χ4n) is 6.51. The van der Waals surface area contributed by atoms with Crippen molar-refractivity contribution in [1.29, 1.82) is 0 Å². The predicted octanol–water partition coefficient (Wildman–Crippen LogP) is 8.11. The molecule has 44 heavy (non-hydrogen) atoms. The number of aryl methyl sites for hydroxylation is 2. The summed E-state index contributed by atoms with van der Waals surface area (Å²) in [5.74, 6) is 4.28. The van der Waals surface area contributed by atoms with Crippen molar-refractivity contribution in [2.24, 2.45) is 9.98 Å². The van der Waals surface area contributed by atoms with Crippen molar-refractivity contribution in [1.82, 2.24) is 29.4 Å². The van der Waals surface area contributed by atoms with Crippen LogP contribution in [0.2, 0.25) is 0 Å². The van der Waals surface area contributed by atoms with E-state index in [4.69, 9.17) is 24.9 Å². The minimum atomic E-state index is -0.0712. The number of aromatic nitrogens is 5. The Kier molecular flexibility index (Phi) is 7.58. The lowest BCUT2D eigenvalue weighted by Crippen LogP contribution is -2.40. The van der Waals surface area contributed by atoms with Crippen LogP contribution in [0.25, 0.3) is 49.6 Å². The van der Waals surface area contributed by atoms with Gasteiger partial charge in [-0.25, -0.2) is 15.0 Å². The van der Waals surface area contributed by atoms with Gasteiger partial charge >= 0.3 is 0 Å². The van der Waals surface area contributed by atoms with E-state index in [0.717, 1.165) is 102 Å². The van der Waals surface area contributed by atoms with Gasteiger partial charge < -0.3 is 5.32 Å². The van der Waals surface area contributed by atoms with E-state index in [9.17, 15) is 0 Å². The SMILES string of the molecule is CCCC1=NC(CCC)N=C(n2c3ccccc3c3cc4c(cc32)c2ccccc2n4-c2nc(CCC)nc(CCC)n2)N1. The van der Waals surface area contributed by atoms with Gasteiger partial charge in [-0.1, -0.05) is 70.5 Å². The van der Waals surface area contributed by atoms with E-state index in [-0.39, 0.29) is 6.17 Å². The molecule has 0 spiro atoms. The fourth-order valence-corrected chi connectivity index (χ4v) is 6.51. The molecule has 8 nitrogen and oxygen atoms in total. The molecule has 224 valence electrons. The molecule has 1 aliphatic rings. The van der Waals surface area contributed by atoms with Crippen LogP contribution in [0.1, 0.15) is 77.9 Å². The van der Waals surface area contributed by atoms with Gasteiger partial charge in [0.25, 0.3) is 0 Å². The van der Waals surface area contributed by atoms with Crippen molar-refractivity contribution in [3.8, 4) is 5.95 Å². The minimum Gasteiger partial charge on any atom is -0.314 e. The van der Waals surface area contributed by atoms with Crippen LogP contribution in [0, 0.1) is 0 Å². The van der Waals surface area contributed by atoms with Gasteiger partial charge in [-0.2, -0.15) is 9.97 Å². The van der Waals surface area contributed by atoms with Gasteiger partial charge in [0.15, 0.2) is 0 Å². The van der Waals surface area contributed by atoms with Gasteiger partial charge in [0.2, 0.25) is 11.9 Å². The summed E-state index contributed by atoms with van der Waals surface area (Å²) in [6.07, 6.45) is 7.47. The topological polar surface area (TPSA) is 85.3 Å². The Bertz CT molecular complexity index is 2040. The number of amidine groups is 1. The highest BCUT2D eigenvalue weighted by Crippen LogP contribution is 2.38. The second-order valence-corrected chi connectivity index (χ2v) is 11.7. The van der Waals surface area contributed by atoms with Crippen LogP contribution in [-0.2, 0) is 12.8 Å². The minimum absolute atomic E-state index is 0.0712. The molecule has 0 saturated heterocycles. The summed E-state index contributed by atoms with van der Waals surface area (Å²) in [4.78, 5) is 24.9. The molecule has 0 radical (unpaired) electrons. The molecule has 7 rings (SSSR count). The smallest absolute Gasteiger partial charge is 0.238 e. The van der Waals surface area contributed by atoms with Crippen LogP contribution < -0.4 is 5.32 Å². The van der Waals surface area contributed by atoms with Crippen LogP contribution in [0.3, 0.4) is 0 Å². The lowest BCUT2D eigenvalue weighted by Gasteiger charge is -2.22. The number of fused-ring (bicyclic) bond motifs is 6. The summed E-state index contributed by atoms with van der Waals surface area (Å²) >= 11 is 0. The zero-order valence-electron chi connectivity index (χ0n) is 26.1. The van der Waals surface area contributed by atoms with Gasteiger partial charge in [0.05, 0.1) is 22.1 Å².